The van der Waals surface area contributed by atoms with E-state index < -0.39 is 0 Å². The lowest BCUT2D eigenvalue weighted by atomic mass is 9.92. The van der Waals surface area contributed by atoms with Crippen LogP contribution in [0.3, 0.4) is 0 Å². The van der Waals surface area contributed by atoms with Gasteiger partial charge in [0.1, 0.15) is 28.5 Å². The number of hydrogen-bond acceptors (Lipinski definition) is 7. The van der Waals surface area contributed by atoms with Crippen LogP contribution in [0.2, 0.25) is 0 Å². The number of nitriles is 2. The van der Waals surface area contributed by atoms with Crippen molar-refractivity contribution in [2.24, 2.45) is 0 Å². The van der Waals surface area contributed by atoms with E-state index in [0.717, 1.165) is 30.9 Å². The molecule has 0 saturated carbocycles. The quantitative estimate of drug-likeness (QED) is 0.569. The molecule has 1 aliphatic heterocycles. The van der Waals surface area contributed by atoms with E-state index in [9.17, 15) is 10.5 Å². The van der Waals surface area contributed by atoms with Crippen molar-refractivity contribution in [2.45, 2.75) is 23.1 Å². The Hall–Kier alpha value is -3.39. The van der Waals surface area contributed by atoms with E-state index in [1.54, 1.807) is 13.2 Å². The van der Waals surface area contributed by atoms with Gasteiger partial charge in [0.05, 0.1) is 17.9 Å². The fourth-order valence-corrected chi connectivity index (χ4v) is 4.60. The Morgan fingerprint density at radius 2 is 1.94 bits per heavy atom. The number of rotatable bonds is 6. The van der Waals surface area contributed by atoms with E-state index in [1.807, 2.05) is 30.3 Å². The minimum atomic E-state index is 0.373. The zero-order valence-corrected chi connectivity index (χ0v) is 17.9. The Morgan fingerprint density at radius 3 is 2.55 bits per heavy atom. The van der Waals surface area contributed by atoms with Gasteiger partial charge in [0, 0.05) is 37.1 Å². The molecule has 154 valence electrons. The van der Waals surface area contributed by atoms with Gasteiger partial charge in [0.15, 0.2) is 0 Å². The summed E-state index contributed by atoms with van der Waals surface area (Å²) >= 11 is 1.44. The first kappa shape index (κ1) is 20.9. The van der Waals surface area contributed by atoms with Gasteiger partial charge in [-0.15, -0.1) is 0 Å². The zero-order chi connectivity index (χ0) is 21.6. The van der Waals surface area contributed by atoms with Crippen LogP contribution in [0.4, 0.5) is 5.82 Å². The number of aromatic nitrogens is 2. The summed E-state index contributed by atoms with van der Waals surface area (Å²) in [5.41, 5.74) is 4.34. The van der Waals surface area contributed by atoms with Gasteiger partial charge in [0.2, 0.25) is 0 Å². The van der Waals surface area contributed by atoms with Crippen LogP contribution in [0.5, 0.6) is 0 Å². The van der Waals surface area contributed by atoms with Crippen molar-refractivity contribution < 1.29 is 4.74 Å². The van der Waals surface area contributed by atoms with Gasteiger partial charge in [-0.05, 0) is 29.7 Å². The lowest BCUT2D eigenvalue weighted by Crippen LogP contribution is -2.04. The standard InChI is InChI=1S/C24H21N5OS/c1-27-23-20(12-25)22(17-7-5-16(6-8-17)18-9-11-30-14-18)21(13-26)24(29-23)31-15-19-4-2-3-10-28-19/h2-8,10,18H,9,11,14-15H2,1H3,(H,27,29)/t18-/m1/s1. The number of nitrogens with zero attached hydrogens (tertiary/aromatic N) is 4. The summed E-state index contributed by atoms with van der Waals surface area (Å²) in [5, 5.41) is 23.5. The molecule has 31 heavy (non-hydrogen) atoms. The van der Waals surface area contributed by atoms with Crippen molar-refractivity contribution in [3.63, 3.8) is 0 Å². The van der Waals surface area contributed by atoms with Gasteiger partial charge in [-0.3, -0.25) is 4.98 Å². The molecule has 1 saturated heterocycles. The molecular weight excluding hydrogens is 406 g/mol. The van der Waals surface area contributed by atoms with Crippen LogP contribution in [0, 0.1) is 22.7 Å². The molecule has 1 fully saturated rings. The molecule has 0 spiro atoms. The van der Waals surface area contributed by atoms with Crippen LogP contribution in [-0.4, -0.2) is 30.2 Å². The van der Waals surface area contributed by atoms with Gasteiger partial charge in [-0.2, -0.15) is 10.5 Å². The molecule has 1 aromatic carbocycles. The topological polar surface area (TPSA) is 94.6 Å². The smallest absolute Gasteiger partial charge is 0.145 e. The average molecular weight is 428 g/mol. The van der Waals surface area contributed by atoms with Crippen molar-refractivity contribution in [1.82, 2.24) is 9.97 Å². The fraction of sp³-hybridized carbons (Fsp3) is 0.250. The summed E-state index contributed by atoms with van der Waals surface area (Å²) in [6.07, 6.45) is 2.76. The number of pyridine rings is 2. The Balaban J connectivity index is 1.76. The van der Waals surface area contributed by atoms with Gasteiger partial charge >= 0.3 is 0 Å². The molecule has 0 bridgehead atoms. The third kappa shape index (κ3) is 4.39. The Bertz CT molecular complexity index is 1140. The second-order valence-corrected chi connectivity index (χ2v) is 8.12. The van der Waals surface area contributed by atoms with Crippen LogP contribution in [-0.2, 0) is 10.5 Å². The SMILES string of the molecule is CNc1nc(SCc2ccccn2)c(C#N)c(-c2ccc([C@@H]3CCOC3)cc2)c1C#N. The Labute approximate surface area is 185 Å². The second-order valence-electron chi connectivity index (χ2n) is 7.16. The van der Waals surface area contributed by atoms with Gasteiger partial charge < -0.3 is 10.1 Å². The van der Waals surface area contributed by atoms with Crippen molar-refractivity contribution >= 4 is 17.6 Å². The minimum absolute atomic E-state index is 0.373. The molecule has 1 N–H and O–H groups in total. The highest BCUT2D eigenvalue weighted by Crippen LogP contribution is 2.38. The number of ether oxygens (including phenoxy) is 1. The number of anilines is 1. The van der Waals surface area contributed by atoms with Crippen LogP contribution < -0.4 is 5.32 Å². The summed E-state index contributed by atoms with van der Waals surface area (Å²) < 4.78 is 5.50. The molecule has 4 rings (SSSR count). The Morgan fingerprint density at radius 1 is 1.13 bits per heavy atom. The molecular formula is C24H21N5OS. The zero-order valence-electron chi connectivity index (χ0n) is 17.1. The molecule has 0 radical (unpaired) electrons. The van der Waals surface area contributed by atoms with E-state index in [1.165, 1.54) is 17.3 Å². The highest BCUT2D eigenvalue weighted by atomic mass is 32.2. The lowest BCUT2D eigenvalue weighted by molar-refractivity contribution is 0.194. The largest absolute Gasteiger partial charge is 0.381 e. The predicted octanol–water partition coefficient (Wildman–Crippen LogP) is 4.72. The highest BCUT2D eigenvalue weighted by molar-refractivity contribution is 7.98. The third-order valence-corrected chi connectivity index (χ3v) is 6.32. The molecule has 0 aliphatic carbocycles. The maximum atomic E-state index is 10.0. The molecule has 2 aromatic heterocycles. The van der Waals surface area contributed by atoms with E-state index in [0.29, 0.717) is 39.2 Å². The number of hydrogen-bond donors (Lipinski definition) is 1. The van der Waals surface area contributed by atoms with E-state index >= 15 is 0 Å². The van der Waals surface area contributed by atoms with E-state index in [2.05, 4.69) is 39.6 Å². The summed E-state index contributed by atoms with van der Waals surface area (Å²) in [6, 6.07) is 18.4. The Kier molecular flexibility index (Phi) is 6.47. The molecule has 3 heterocycles. The van der Waals surface area contributed by atoms with Gasteiger partial charge in [-0.1, -0.05) is 42.1 Å². The molecule has 0 amide bonds. The van der Waals surface area contributed by atoms with Crippen LogP contribution >= 0.6 is 11.8 Å². The summed E-state index contributed by atoms with van der Waals surface area (Å²) in [6.45, 7) is 1.52. The van der Waals surface area contributed by atoms with Crippen molar-refractivity contribution in [3.8, 4) is 23.3 Å². The van der Waals surface area contributed by atoms with Gasteiger partial charge in [-0.25, -0.2) is 4.98 Å². The third-order valence-electron chi connectivity index (χ3n) is 5.31. The van der Waals surface area contributed by atoms with Crippen LogP contribution in [0.1, 0.15) is 34.7 Å². The maximum Gasteiger partial charge on any atom is 0.145 e. The maximum absolute atomic E-state index is 10.0. The predicted molar refractivity (Wildman–Crippen MR) is 121 cm³/mol. The number of benzene rings is 1. The lowest BCUT2D eigenvalue weighted by Gasteiger charge is -2.15. The second kappa shape index (κ2) is 9.61. The first-order valence-corrected chi connectivity index (χ1v) is 11.0. The van der Waals surface area contributed by atoms with Crippen LogP contribution in [0.15, 0.2) is 53.7 Å². The fourth-order valence-electron chi connectivity index (χ4n) is 3.70. The molecule has 7 heteroatoms. The van der Waals surface area contributed by atoms with Crippen molar-refractivity contribution in [1.29, 1.82) is 10.5 Å². The normalized spacial score (nSPS) is 15.3. The monoisotopic (exact) mass is 427 g/mol. The first-order chi connectivity index (χ1) is 15.2. The molecule has 3 aromatic rings. The average Bonchev–Trinajstić information content (AvgIpc) is 3.37. The molecule has 1 atom stereocenters. The molecule has 6 nitrogen and oxygen atoms in total. The summed E-state index contributed by atoms with van der Waals surface area (Å²) in [4.78, 5) is 8.92. The summed E-state index contributed by atoms with van der Waals surface area (Å²) in [5.74, 6) is 1.44. The van der Waals surface area contributed by atoms with Crippen molar-refractivity contribution in [3.05, 3.63) is 71.0 Å². The number of thioether (sulfide) groups is 1. The van der Waals surface area contributed by atoms with Crippen molar-refractivity contribution in [2.75, 3.05) is 25.6 Å². The molecule has 0 unspecified atom stereocenters. The molecule has 1 aliphatic rings. The van der Waals surface area contributed by atoms with Gasteiger partial charge in [0.25, 0.3) is 0 Å². The number of nitrogens with one attached hydrogen (secondary N) is 1. The minimum Gasteiger partial charge on any atom is -0.381 e. The van der Waals surface area contributed by atoms with E-state index in [-0.39, 0.29) is 0 Å². The summed E-state index contributed by atoms with van der Waals surface area (Å²) in [7, 11) is 1.73. The first-order valence-electron chi connectivity index (χ1n) is 10.0. The van der Waals surface area contributed by atoms with Crippen LogP contribution in [0.25, 0.3) is 11.1 Å². The highest BCUT2D eigenvalue weighted by Gasteiger charge is 2.22. The van der Waals surface area contributed by atoms with E-state index in [4.69, 9.17) is 4.74 Å².